The van der Waals surface area contributed by atoms with E-state index in [1.165, 1.54) is 38.5 Å². The van der Waals surface area contributed by atoms with Crippen LogP contribution in [0.15, 0.2) is 0 Å². The van der Waals surface area contributed by atoms with Crippen LogP contribution in [0.2, 0.25) is 0 Å². The first-order chi connectivity index (χ1) is 15.2. The van der Waals surface area contributed by atoms with Crippen LogP contribution in [0.25, 0.3) is 0 Å². The Morgan fingerprint density at radius 2 is 1.53 bits per heavy atom. The van der Waals surface area contributed by atoms with Gasteiger partial charge >= 0.3 is 11.9 Å². The lowest BCUT2D eigenvalue weighted by Gasteiger charge is -2.56. The molecule has 0 saturated heterocycles. The summed E-state index contributed by atoms with van der Waals surface area (Å²) < 4.78 is 17.3. The molecule has 6 aliphatic carbocycles. The van der Waals surface area contributed by atoms with Gasteiger partial charge in [-0.2, -0.15) is 0 Å². The second-order valence-electron chi connectivity index (χ2n) is 13.3. The largest absolute Gasteiger partial charge is 0.462 e. The van der Waals surface area contributed by atoms with Gasteiger partial charge in [-0.3, -0.25) is 9.59 Å². The normalized spacial score (nSPS) is 41.8. The number of rotatable bonds is 8. The Morgan fingerprint density at radius 3 is 2.12 bits per heavy atom. The van der Waals surface area contributed by atoms with Gasteiger partial charge < -0.3 is 14.2 Å². The molecule has 0 heterocycles. The van der Waals surface area contributed by atoms with Gasteiger partial charge in [0.1, 0.15) is 6.10 Å². The van der Waals surface area contributed by atoms with Crippen LogP contribution < -0.4 is 0 Å². The number of hydrogen-bond donors (Lipinski definition) is 0. The molecule has 6 fully saturated rings. The molecule has 0 aliphatic heterocycles. The molecule has 5 heteroatoms. The molecule has 0 aromatic heterocycles. The van der Waals surface area contributed by atoms with Gasteiger partial charge in [-0.1, -0.05) is 20.8 Å². The topological polar surface area (TPSA) is 61.8 Å². The third-order valence-corrected chi connectivity index (χ3v) is 9.28. The molecule has 6 bridgehead atoms. The average Bonchev–Trinajstić information content (AvgIpc) is 3.28. The van der Waals surface area contributed by atoms with Crippen LogP contribution in [-0.4, -0.2) is 31.4 Å². The predicted octanol–water partition coefficient (Wildman–Crippen LogP) is 5.50. The summed E-state index contributed by atoms with van der Waals surface area (Å²) in [5.41, 5.74) is 0.468. The van der Waals surface area contributed by atoms with E-state index in [0.29, 0.717) is 17.8 Å². The first-order valence-electron chi connectivity index (χ1n) is 13.1. The molecule has 180 valence electrons. The van der Waals surface area contributed by atoms with Crippen LogP contribution in [-0.2, 0) is 23.8 Å². The van der Waals surface area contributed by atoms with Gasteiger partial charge in [-0.05, 0) is 98.7 Å². The van der Waals surface area contributed by atoms with Crippen LogP contribution >= 0.6 is 0 Å². The van der Waals surface area contributed by atoms with Crippen LogP contribution in [0.1, 0.15) is 91.4 Å². The van der Waals surface area contributed by atoms with Crippen molar-refractivity contribution in [3.63, 3.8) is 0 Å². The summed E-state index contributed by atoms with van der Waals surface area (Å²) in [5.74, 6) is 2.90. The Kier molecular flexibility index (Phi) is 6.09. The van der Waals surface area contributed by atoms with E-state index in [1.54, 1.807) is 0 Å². The second-order valence-corrected chi connectivity index (χ2v) is 13.3. The van der Waals surface area contributed by atoms with Gasteiger partial charge in [-0.25, -0.2) is 0 Å². The quantitative estimate of drug-likeness (QED) is 0.280. The van der Waals surface area contributed by atoms with Crippen molar-refractivity contribution in [2.75, 3.05) is 13.4 Å². The second kappa shape index (κ2) is 8.60. The van der Waals surface area contributed by atoms with Gasteiger partial charge in [0, 0.05) is 12.3 Å². The monoisotopic (exact) mass is 446 g/mol. The number of ether oxygens (including phenoxy) is 3. The first-order valence-corrected chi connectivity index (χ1v) is 13.1. The first kappa shape index (κ1) is 22.7. The molecule has 6 rings (SSSR count). The molecule has 6 saturated carbocycles. The van der Waals surface area contributed by atoms with E-state index in [2.05, 4.69) is 20.8 Å². The van der Waals surface area contributed by atoms with Crippen LogP contribution in [0, 0.1) is 46.3 Å². The van der Waals surface area contributed by atoms with Crippen molar-refractivity contribution in [1.82, 2.24) is 0 Å². The third-order valence-electron chi connectivity index (χ3n) is 9.28. The fraction of sp³-hybridized carbons (Fsp3) is 0.926. The Hall–Kier alpha value is -1.10. The van der Waals surface area contributed by atoms with Gasteiger partial charge in [0.15, 0.2) is 6.79 Å². The van der Waals surface area contributed by atoms with E-state index in [-0.39, 0.29) is 42.1 Å². The van der Waals surface area contributed by atoms with Crippen molar-refractivity contribution >= 4 is 11.9 Å². The van der Waals surface area contributed by atoms with Gasteiger partial charge in [-0.15, -0.1) is 0 Å². The third kappa shape index (κ3) is 4.88. The van der Waals surface area contributed by atoms with Crippen molar-refractivity contribution in [3.05, 3.63) is 0 Å². The van der Waals surface area contributed by atoms with Crippen molar-refractivity contribution in [2.24, 2.45) is 46.3 Å². The van der Waals surface area contributed by atoms with E-state index in [1.807, 2.05) is 0 Å². The lowest BCUT2D eigenvalue weighted by atomic mass is 9.50. The lowest BCUT2D eigenvalue weighted by Crippen LogP contribution is -2.48. The molecule has 4 atom stereocenters. The van der Waals surface area contributed by atoms with E-state index < -0.39 is 0 Å². The molecule has 6 aliphatic rings. The van der Waals surface area contributed by atoms with Gasteiger partial charge in [0.2, 0.25) is 0 Å². The summed E-state index contributed by atoms with van der Waals surface area (Å²) in [7, 11) is 0. The highest BCUT2D eigenvalue weighted by Crippen LogP contribution is 2.60. The molecule has 0 radical (unpaired) electrons. The summed E-state index contributed by atoms with van der Waals surface area (Å²) >= 11 is 0. The molecule has 5 nitrogen and oxygen atoms in total. The zero-order valence-corrected chi connectivity index (χ0v) is 20.3. The van der Waals surface area contributed by atoms with E-state index >= 15 is 0 Å². The minimum Gasteiger partial charge on any atom is -0.462 e. The number of fused-ring (bicyclic) bond motifs is 2. The van der Waals surface area contributed by atoms with E-state index in [9.17, 15) is 9.59 Å². The number of hydrogen-bond acceptors (Lipinski definition) is 5. The smallest absolute Gasteiger partial charge is 0.311 e. The molecule has 0 aromatic carbocycles. The Morgan fingerprint density at radius 1 is 0.875 bits per heavy atom. The van der Waals surface area contributed by atoms with Crippen molar-refractivity contribution in [2.45, 2.75) is 97.5 Å². The standard InChI is InChI=1S/C27H42O5/c1-26(2,3)5-4-24(28)32-23-11-17-9-21(23)22(10-17)25(29)31-16-30-15-27-12-18-6-19(13-27)8-20(7-18)14-27/h17-23H,4-16H2,1-3H3. The highest BCUT2D eigenvalue weighted by atomic mass is 16.7. The summed E-state index contributed by atoms with van der Waals surface area (Å²) in [5, 5.41) is 0. The molecule has 32 heavy (non-hydrogen) atoms. The number of carbonyl (C=O) groups excluding carboxylic acids is 2. The fourth-order valence-electron chi connectivity index (χ4n) is 8.33. The van der Waals surface area contributed by atoms with Crippen LogP contribution in [0.4, 0.5) is 0 Å². The van der Waals surface area contributed by atoms with Crippen LogP contribution in [0.5, 0.6) is 0 Å². The molecular weight excluding hydrogens is 404 g/mol. The van der Waals surface area contributed by atoms with Crippen LogP contribution in [0.3, 0.4) is 0 Å². The minimum atomic E-state index is -0.154. The molecule has 0 aromatic rings. The molecular formula is C27H42O5. The SMILES string of the molecule is CC(C)(C)CCC(=O)OC1CC2CC(C(=O)OCOCC34CC5CC(CC(C5)C3)C4)C1C2. The highest BCUT2D eigenvalue weighted by molar-refractivity contribution is 5.74. The Labute approximate surface area is 193 Å². The van der Waals surface area contributed by atoms with Crippen molar-refractivity contribution in [3.8, 4) is 0 Å². The fourth-order valence-corrected chi connectivity index (χ4v) is 8.33. The summed E-state index contributed by atoms with van der Waals surface area (Å²) in [6.45, 7) is 7.22. The molecule has 0 N–H and O–H groups in total. The van der Waals surface area contributed by atoms with E-state index in [4.69, 9.17) is 14.2 Å². The molecule has 0 spiro atoms. The zero-order valence-electron chi connectivity index (χ0n) is 20.3. The number of carbonyl (C=O) groups is 2. The zero-order chi connectivity index (χ0) is 22.5. The van der Waals surface area contributed by atoms with Gasteiger partial charge in [0.25, 0.3) is 0 Å². The average molecular weight is 447 g/mol. The molecule has 4 unspecified atom stereocenters. The molecule has 0 amide bonds. The predicted molar refractivity (Wildman–Crippen MR) is 120 cm³/mol. The van der Waals surface area contributed by atoms with Gasteiger partial charge in [0.05, 0.1) is 12.5 Å². The maximum atomic E-state index is 12.8. The summed E-state index contributed by atoms with van der Waals surface area (Å²) in [6.07, 6.45) is 12.1. The van der Waals surface area contributed by atoms with E-state index in [0.717, 1.165) is 50.0 Å². The Bertz CT molecular complexity index is 687. The maximum Gasteiger partial charge on any atom is 0.311 e. The highest BCUT2D eigenvalue weighted by Gasteiger charge is 2.52. The minimum absolute atomic E-state index is 0.0739. The summed E-state index contributed by atoms with van der Waals surface area (Å²) in [4.78, 5) is 25.1. The number of esters is 2. The lowest BCUT2D eigenvalue weighted by molar-refractivity contribution is -0.175. The van der Waals surface area contributed by atoms with Crippen molar-refractivity contribution in [1.29, 1.82) is 0 Å². The van der Waals surface area contributed by atoms with Crippen molar-refractivity contribution < 1.29 is 23.8 Å². The maximum absolute atomic E-state index is 12.8. The summed E-state index contributed by atoms with van der Waals surface area (Å²) in [6, 6.07) is 0. The Balaban J connectivity index is 1.05.